The second kappa shape index (κ2) is 5.38. The molecule has 1 aliphatic rings. The molecule has 1 aliphatic heterocycles. The molecule has 0 aliphatic carbocycles. The molecular formula is C14H25N3OS. The van der Waals surface area contributed by atoms with Crippen LogP contribution in [0.25, 0.3) is 0 Å². The Morgan fingerprint density at radius 1 is 1.42 bits per heavy atom. The number of ether oxygens (including phenoxy) is 1. The van der Waals surface area contributed by atoms with E-state index in [-0.39, 0.29) is 11.5 Å². The quantitative estimate of drug-likeness (QED) is 0.906. The van der Waals surface area contributed by atoms with E-state index in [4.69, 9.17) is 15.5 Å². The van der Waals surface area contributed by atoms with Gasteiger partial charge in [-0.15, -0.1) is 11.3 Å². The van der Waals surface area contributed by atoms with E-state index < -0.39 is 0 Å². The zero-order valence-corrected chi connectivity index (χ0v) is 13.4. The maximum atomic E-state index is 5.88. The molecule has 5 heteroatoms. The third-order valence-electron chi connectivity index (χ3n) is 3.44. The molecule has 0 aromatic carbocycles. The first-order valence-corrected chi connectivity index (χ1v) is 7.73. The SMILES string of the molecule is CC1CN(c2nc(C(C)(C)C)c(CN)s2)C(C)CO1. The van der Waals surface area contributed by atoms with E-state index in [1.807, 2.05) is 0 Å². The summed E-state index contributed by atoms with van der Waals surface area (Å²) < 4.78 is 5.68. The molecule has 0 radical (unpaired) electrons. The molecular weight excluding hydrogens is 258 g/mol. The molecule has 0 bridgehead atoms. The van der Waals surface area contributed by atoms with Gasteiger partial charge in [-0.3, -0.25) is 0 Å². The maximum Gasteiger partial charge on any atom is 0.186 e. The molecule has 2 N–H and O–H groups in total. The van der Waals surface area contributed by atoms with Gasteiger partial charge in [0, 0.05) is 23.4 Å². The van der Waals surface area contributed by atoms with Crippen LogP contribution in [0.15, 0.2) is 0 Å². The highest BCUT2D eigenvalue weighted by Gasteiger charge is 2.29. The van der Waals surface area contributed by atoms with Gasteiger partial charge in [0.1, 0.15) is 0 Å². The molecule has 0 amide bonds. The lowest BCUT2D eigenvalue weighted by Crippen LogP contribution is -2.47. The zero-order chi connectivity index (χ0) is 14.2. The molecule has 1 aromatic heterocycles. The molecule has 4 nitrogen and oxygen atoms in total. The molecule has 0 saturated carbocycles. The summed E-state index contributed by atoms with van der Waals surface area (Å²) in [5.41, 5.74) is 7.07. The first-order valence-electron chi connectivity index (χ1n) is 6.91. The number of morpholine rings is 1. The van der Waals surface area contributed by atoms with Crippen molar-refractivity contribution in [3.05, 3.63) is 10.6 Å². The van der Waals surface area contributed by atoms with Crippen LogP contribution < -0.4 is 10.6 Å². The van der Waals surface area contributed by atoms with Crippen LogP contribution in [0.1, 0.15) is 45.2 Å². The van der Waals surface area contributed by atoms with E-state index in [9.17, 15) is 0 Å². The lowest BCUT2D eigenvalue weighted by molar-refractivity contribution is 0.0343. The van der Waals surface area contributed by atoms with E-state index in [1.54, 1.807) is 11.3 Å². The molecule has 108 valence electrons. The number of hydrogen-bond donors (Lipinski definition) is 1. The van der Waals surface area contributed by atoms with Gasteiger partial charge in [0.05, 0.1) is 24.4 Å². The van der Waals surface area contributed by atoms with Crippen molar-refractivity contribution in [3.8, 4) is 0 Å². The van der Waals surface area contributed by atoms with Gasteiger partial charge in [-0.2, -0.15) is 0 Å². The van der Waals surface area contributed by atoms with Gasteiger partial charge >= 0.3 is 0 Å². The Morgan fingerprint density at radius 2 is 2.11 bits per heavy atom. The summed E-state index contributed by atoms with van der Waals surface area (Å²) in [6.07, 6.45) is 0.263. The number of nitrogens with two attached hydrogens (primary N) is 1. The molecule has 2 unspecified atom stereocenters. The number of rotatable bonds is 2. The van der Waals surface area contributed by atoms with Crippen molar-refractivity contribution in [2.75, 3.05) is 18.1 Å². The Kier molecular flexibility index (Phi) is 4.18. The number of anilines is 1. The molecule has 1 aromatic rings. The van der Waals surface area contributed by atoms with Gasteiger partial charge in [0.2, 0.25) is 0 Å². The number of hydrogen-bond acceptors (Lipinski definition) is 5. The minimum atomic E-state index is 0.0462. The highest BCUT2D eigenvalue weighted by Crippen LogP contribution is 2.35. The minimum Gasteiger partial charge on any atom is -0.375 e. The van der Waals surface area contributed by atoms with Crippen LogP contribution in [0.5, 0.6) is 0 Å². The maximum absolute atomic E-state index is 5.88. The van der Waals surface area contributed by atoms with Gasteiger partial charge in [-0.25, -0.2) is 4.98 Å². The van der Waals surface area contributed by atoms with E-state index in [1.165, 1.54) is 4.88 Å². The monoisotopic (exact) mass is 283 g/mol. The van der Waals surface area contributed by atoms with Crippen LogP contribution in [-0.2, 0) is 16.7 Å². The van der Waals surface area contributed by atoms with E-state index in [0.29, 0.717) is 12.6 Å². The van der Waals surface area contributed by atoms with Gasteiger partial charge in [0.25, 0.3) is 0 Å². The average Bonchev–Trinajstić information content (AvgIpc) is 2.76. The smallest absolute Gasteiger partial charge is 0.186 e. The summed E-state index contributed by atoms with van der Waals surface area (Å²) in [7, 11) is 0. The van der Waals surface area contributed by atoms with Crippen molar-refractivity contribution in [2.24, 2.45) is 5.73 Å². The fraction of sp³-hybridized carbons (Fsp3) is 0.786. The zero-order valence-electron chi connectivity index (χ0n) is 12.6. The highest BCUT2D eigenvalue weighted by atomic mass is 32.1. The fourth-order valence-electron chi connectivity index (χ4n) is 2.36. The highest BCUT2D eigenvalue weighted by molar-refractivity contribution is 7.15. The number of nitrogens with zero attached hydrogens (tertiary/aromatic N) is 2. The van der Waals surface area contributed by atoms with Crippen molar-refractivity contribution < 1.29 is 4.74 Å². The van der Waals surface area contributed by atoms with Gasteiger partial charge in [-0.05, 0) is 13.8 Å². The van der Waals surface area contributed by atoms with Crippen molar-refractivity contribution in [1.29, 1.82) is 0 Å². The number of thiazole rings is 1. The average molecular weight is 283 g/mol. The molecule has 2 atom stereocenters. The second-order valence-corrected chi connectivity index (χ2v) is 7.43. The second-order valence-electron chi connectivity index (χ2n) is 6.37. The molecule has 19 heavy (non-hydrogen) atoms. The predicted octanol–water partition coefficient (Wildman–Crippen LogP) is 2.51. The fourth-order valence-corrected chi connectivity index (χ4v) is 3.62. The first kappa shape index (κ1) is 14.8. The van der Waals surface area contributed by atoms with Crippen molar-refractivity contribution >= 4 is 16.5 Å². The third-order valence-corrected chi connectivity index (χ3v) is 4.55. The third kappa shape index (κ3) is 3.09. The summed E-state index contributed by atoms with van der Waals surface area (Å²) in [6.45, 7) is 13.1. The lowest BCUT2D eigenvalue weighted by Gasteiger charge is -2.36. The van der Waals surface area contributed by atoms with Crippen LogP contribution in [0, 0.1) is 0 Å². The standard InChI is InChI=1S/C14H25N3OS/c1-9-8-18-10(2)7-17(9)13-16-12(14(3,4)5)11(6-15)19-13/h9-10H,6-8,15H2,1-5H3. The van der Waals surface area contributed by atoms with E-state index >= 15 is 0 Å². The first-order chi connectivity index (χ1) is 8.82. The molecule has 2 rings (SSSR count). The van der Waals surface area contributed by atoms with Crippen LogP contribution >= 0.6 is 11.3 Å². The van der Waals surface area contributed by atoms with Crippen molar-refractivity contribution in [1.82, 2.24) is 4.98 Å². The van der Waals surface area contributed by atoms with Gasteiger partial charge < -0.3 is 15.4 Å². The van der Waals surface area contributed by atoms with Gasteiger partial charge in [0.15, 0.2) is 5.13 Å². The minimum absolute atomic E-state index is 0.0462. The molecule has 1 saturated heterocycles. The molecule has 1 fully saturated rings. The largest absolute Gasteiger partial charge is 0.375 e. The summed E-state index contributed by atoms with van der Waals surface area (Å²) in [6, 6.07) is 0.376. The Hall–Kier alpha value is -0.650. The summed E-state index contributed by atoms with van der Waals surface area (Å²) in [5.74, 6) is 0. The normalized spacial score (nSPS) is 24.8. The van der Waals surface area contributed by atoms with E-state index in [2.05, 4.69) is 39.5 Å². The molecule has 2 heterocycles. The Labute approximate surface area is 120 Å². The van der Waals surface area contributed by atoms with Crippen molar-refractivity contribution in [2.45, 2.75) is 58.7 Å². The van der Waals surface area contributed by atoms with Crippen LogP contribution in [0.4, 0.5) is 5.13 Å². The van der Waals surface area contributed by atoms with Crippen LogP contribution in [0.3, 0.4) is 0 Å². The Balaban J connectivity index is 2.32. The number of aromatic nitrogens is 1. The predicted molar refractivity (Wildman–Crippen MR) is 80.9 cm³/mol. The Morgan fingerprint density at radius 3 is 2.63 bits per heavy atom. The summed E-state index contributed by atoms with van der Waals surface area (Å²) in [4.78, 5) is 8.43. The summed E-state index contributed by atoms with van der Waals surface area (Å²) >= 11 is 1.73. The lowest BCUT2D eigenvalue weighted by atomic mass is 9.91. The van der Waals surface area contributed by atoms with Crippen LogP contribution in [0.2, 0.25) is 0 Å². The summed E-state index contributed by atoms with van der Waals surface area (Å²) in [5, 5.41) is 1.09. The Bertz CT molecular complexity index is 438. The van der Waals surface area contributed by atoms with Gasteiger partial charge in [-0.1, -0.05) is 20.8 Å². The topological polar surface area (TPSA) is 51.4 Å². The van der Waals surface area contributed by atoms with E-state index in [0.717, 1.165) is 24.0 Å². The van der Waals surface area contributed by atoms with Crippen LogP contribution in [-0.4, -0.2) is 30.3 Å². The molecule has 0 spiro atoms. The van der Waals surface area contributed by atoms with Crippen molar-refractivity contribution in [3.63, 3.8) is 0 Å².